The number of halogens is 4. The van der Waals surface area contributed by atoms with Crippen molar-refractivity contribution >= 4 is 0 Å². The maximum Gasteiger partial charge on any atom is 0.573 e. The fraction of sp³-hybridized carbons (Fsp3) is 0.654. The van der Waals surface area contributed by atoms with Crippen LogP contribution in [0.25, 0.3) is 0 Å². The molecule has 2 saturated carbocycles. The first-order valence-electron chi connectivity index (χ1n) is 12.0. The highest BCUT2D eigenvalue weighted by Gasteiger charge is 2.31. The minimum Gasteiger partial charge on any atom is -0.406 e. The molecule has 0 unspecified atom stereocenters. The number of hydrogen-bond donors (Lipinski definition) is 0. The van der Waals surface area contributed by atoms with Gasteiger partial charge in [-0.1, -0.05) is 37.8 Å². The third kappa shape index (κ3) is 8.15. The van der Waals surface area contributed by atoms with Gasteiger partial charge in [-0.05, 0) is 98.8 Å². The summed E-state index contributed by atoms with van der Waals surface area (Å²) in [6.45, 7) is 0. The Morgan fingerprint density at radius 1 is 0.906 bits per heavy atom. The molecule has 0 aliphatic heterocycles. The Bertz CT molecular complexity index is 765. The van der Waals surface area contributed by atoms with Crippen molar-refractivity contribution in [3.05, 3.63) is 41.7 Å². The second-order valence-electron chi connectivity index (χ2n) is 9.53. The maximum atomic E-state index is 13.1. The van der Waals surface area contributed by atoms with Crippen LogP contribution in [-0.4, -0.2) is 6.36 Å². The lowest BCUT2D eigenvalue weighted by Gasteiger charge is -2.29. The Morgan fingerprint density at radius 3 is 1.94 bits per heavy atom. The molecule has 0 aromatic heterocycles. The zero-order chi connectivity index (χ0) is 23.0. The van der Waals surface area contributed by atoms with Crippen molar-refractivity contribution in [2.45, 2.75) is 89.3 Å². The lowest BCUT2D eigenvalue weighted by Crippen LogP contribution is -2.17. The van der Waals surface area contributed by atoms with E-state index < -0.39 is 12.2 Å². The van der Waals surface area contributed by atoms with Crippen molar-refractivity contribution in [2.24, 2.45) is 17.8 Å². The zero-order valence-electron chi connectivity index (χ0n) is 18.5. The number of alkyl halides is 3. The molecule has 2 aliphatic rings. The van der Waals surface area contributed by atoms with Gasteiger partial charge in [-0.2, -0.15) is 9.65 Å². The van der Waals surface area contributed by atoms with Gasteiger partial charge in [0, 0.05) is 0 Å². The van der Waals surface area contributed by atoms with Crippen LogP contribution in [0.15, 0.2) is 36.2 Å². The van der Waals surface area contributed by atoms with Crippen molar-refractivity contribution in [2.75, 3.05) is 0 Å². The van der Waals surface area contributed by atoms with Gasteiger partial charge in [-0.15, -0.1) is 13.2 Å². The Labute approximate surface area is 188 Å². The minimum atomic E-state index is -4.65. The van der Waals surface area contributed by atoms with Gasteiger partial charge in [-0.3, -0.25) is 0 Å². The third-order valence-corrected chi connectivity index (χ3v) is 7.29. The number of rotatable bonds is 8. The molecule has 176 valence electrons. The molecule has 3 rings (SSSR count). The van der Waals surface area contributed by atoms with Gasteiger partial charge in [0.25, 0.3) is 0 Å². The largest absolute Gasteiger partial charge is 0.573 e. The predicted molar refractivity (Wildman–Crippen MR) is 117 cm³/mol. The van der Waals surface area contributed by atoms with Crippen LogP contribution in [0.5, 0.6) is 5.75 Å². The van der Waals surface area contributed by atoms with E-state index in [2.05, 4.69) is 4.74 Å². The maximum absolute atomic E-state index is 13.1. The van der Waals surface area contributed by atoms with Crippen molar-refractivity contribution in [3.8, 4) is 11.8 Å². The first-order valence-corrected chi connectivity index (χ1v) is 12.0. The Kier molecular flexibility index (Phi) is 9.02. The first-order chi connectivity index (χ1) is 15.3. The highest BCUT2D eigenvalue weighted by Crippen LogP contribution is 2.39. The van der Waals surface area contributed by atoms with Crippen LogP contribution in [-0.2, 0) is 0 Å². The monoisotopic (exact) mass is 451 g/mol. The molecule has 1 aromatic rings. The average molecular weight is 452 g/mol. The number of hydrogen-bond acceptors (Lipinski definition) is 2. The fourth-order valence-electron chi connectivity index (χ4n) is 5.48. The summed E-state index contributed by atoms with van der Waals surface area (Å²) in [4.78, 5) is 0. The van der Waals surface area contributed by atoms with E-state index >= 15 is 0 Å². The lowest BCUT2D eigenvalue weighted by atomic mass is 9.76. The van der Waals surface area contributed by atoms with Gasteiger partial charge in [-0.25, -0.2) is 0 Å². The van der Waals surface area contributed by atoms with E-state index in [4.69, 9.17) is 5.26 Å². The van der Waals surface area contributed by atoms with Crippen LogP contribution < -0.4 is 4.74 Å². The van der Waals surface area contributed by atoms with Crippen LogP contribution in [0.1, 0.15) is 88.5 Å². The highest BCUT2D eigenvalue weighted by molar-refractivity contribution is 5.29. The number of nitrogens with zero attached hydrogens (tertiary/aromatic N) is 1. The summed E-state index contributed by atoms with van der Waals surface area (Å²) in [5, 5.41) is 8.55. The molecule has 0 heterocycles. The number of nitriles is 1. The highest BCUT2D eigenvalue weighted by atomic mass is 19.4. The summed E-state index contributed by atoms with van der Waals surface area (Å²) in [6.07, 6.45) is 10.7. The summed E-state index contributed by atoms with van der Waals surface area (Å²) in [6, 6.07) is 7.94. The van der Waals surface area contributed by atoms with Crippen LogP contribution >= 0.6 is 0 Å². The molecule has 1 aromatic carbocycles. The molecule has 0 N–H and O–H groups in total. The standard InChI is InChI=1S/C26H33F4NO/c27-24(18-31)17-21-7-5-19(6-8-21)3-1-2-4-20-9-11-22(12-10-20)23-13-15-25(16-14-23)32-26(28,29)30/h13-17,19-22H,1-12H2/t19-,20-,21-,22-. The molecule has 2 nitrogen and oxygen atoms in total. The van der Waals surface area contributed by atoms with Gasteiger partial charge in [0.05, 0.1) is 0 Å². The van der Waals surface area contributed by atoms with E-state index in [1.54, 1.807) is 18.2 Å². The van der Waals surface area contributed by atoms with Crippen LogP contribution in [0.2, 0.25) is 0 Å². The summed E-state index contributed by atoms with van der Waals surface area (Å²) in [5.41, 5.74) is 1.11. The van der Waals surface area contributed by atoms with Crippen molar-refractivity contribution in [1.82, 2.24) is 0 Å². The Hall–Kier alpha value is -2.03. The van der Waals surface area contributed by atoms with E-state index in [9.17, 15) is 17.6 Å². The van der Waals surface area contributed by atoms with Crippen molar-refractivity contribution < 1.29 is 22.3 Å². The second kappa shape index (κ2) is 11.7. The summed E-state index contributed by atoms with van der Waals surface area (Å²) in [5.74, 6) is 1.36. The molecule has 0 saturated heterocycles. The molecule has 0 atom stereocenters. The zero-order valence-corrected chi connectivity index (χ0v) is 18.5. The Balaban J connectivity index is 1.29. The number of benzene rings is 1. The second-order valence-corrected chi connectivity index (χ2v) is 9.53. The van der Waals surface area contributed by atoms with Crippen LogP contribution in [0.4, 0.5) is 17.6 Å². The molecule has 0 amide bonds. The molecular formula is C26H33F4NO. The van der Waals surface area contributed by atoms with E-state index in [1.165, 1.54) is 56.7 Å². The molecule has 32 heavy (non-hydrogen) atoms. The molecule has 0 bridgehead atoms. The van der Waals surface area contributed by atoms with Crippen molar-refractivity contribution in [1.29, 1.82) is 5.26 Å². The predicted octanol–water partition coefficient (Wildman–Crippen LogP) is 8.60. The smallest absolute Gasteiger partial charge is 0.406 e. The Morgan fingerprint density at radius 2 is 1.44 bits per heavy atom. The quantitative estimate of drug-likeness (QED) is 0.225. The molecule has 6 heteroatoms. The summed E-state index contributed by atoms with van der Waals surface area (Å²) >= 11 is 0. The van der Waals surface area contributed by atoms with Gasteiger partial charge >= 0.3 is 6.36 Å². The van der Waals surface area contributed by atoms with Crippen molar-refractivity contribution in [3.63, 3.8) is 0 Å². The normalized spacial score (nSPS) is 27.0. The van der Waals surface area contributed by atoms with Crippen LogP contribution in [0, 0.1) is 29.1 Å². The number of unbranched alkanes of at least 4 members (excludes halogenated alkanes) is 1. The number of allylic oxidation sites excluding steroid dienone is 2. The van der Waals surface area contributed by atoms with Gasteiger partial charge in [0.15, 0.2) is 5.83 Å². The average Bonchev–Trinajstić information content (AvgIpc) is 2.77. The third-order valence-electron chi connectivity index (χ3n) is 7.29. The van der Waals surface area contributed by atoms with E-state index in [1.807, 2.05) is 0 Å². The van der Waals surface area contributed by atoms with E-state index in [-0.39, 0.29) is 11.7 Å². The molecular weight excluding hydrogens is 418 g/mol. The summed E-state index contributed by atoms with van der Waals surface area (Å²) < 4.78 is 53.9. The minimum absolute atomic E-state index is 0.158. The fourth-order valence-corrected chi connectivity index (χ4v) is 5.48. The number of ether oxygens (including phenoxy) is 1. The molecule has 0 spiro atoms. The molecule has 2 aliphatic carbocycles. The molecule has 0 radical (unpaired) electrons. The van der Waals surface area contributed by atoms with Gasteiger partial charge in [0.2, 0.25) is 0 Å². The molecule has 2 fully saturated rings. The van der Waals surface area contributed by atoms with E-state index in [0.717, 1.165) is 55.9 Å². The SMILES string of the molecule is N#CC(F)=C[C@H]1CC[C@H](CCCC[C@H]2CC[C@H](c3ccc(OC(F)(F)F)cc3)CC2)CC1. The first kappa shape index (κ1) is 24.6. The summed E-state index contributed by atoms with van der Waals surface area (Å²) in [7, 11) is 0. The van der Waals surface area contributed by atoms with Gasteiger partial charge < -0.3 is 4.74 Å². The van der Waals surface area contributed by atoms with Crippen LogP contribution in [0.3, 0.4) is 0 Å². The van der Waals surface area contributed by atoms with Gasteiger partial charge in [0.1, 0.15) is 11.8 Å². The van der Waals surface area contributed by atoms with E-state index in [0.29, 0.717) is 5.92 Å². The lowest BCUT2D eigenvalue weighted by molar-refractivity contribution is -0.274. The topological polar surface area (TPSA) is 33.0 Å².